The molecule has 1 saturated heterocycles. The first-order chi connectivity index (χ1) is 15.3. The van der Waals surface area contributed by atoms with Crippen LogP contribution >= 0.6 is 12.2 Å². The smallest absolute Gasteiger partial charge is 0.162 e. The third-order valence-corrected chi connectivity index (χ3v) is 6.12. The largest absolute Gasteiger partial charge is 0.763 e. The Kier molecular flexibility index (Phi) is 7.85. The van der Waals surface area contributed by atoms with Crippen molar-refractivity contribution in [2.45, 2.75) is 32.6 Å². The number of hydrogen-bond acceptors (Lipinski definition) is 5. The van der Waals surface area contributed by atoms with Crippen LogP contribution in [0.5, 0.6) is 11.5 Å². The minimum atomic E-state index is -0.479. The number of ether oxygens (including phenoxy) is 3. The number of nitrogens with zero attached hydrogens (tertiary/aromatic N) is 1. The van der Waals surface area contributed by atoms with Crippen LogP contribution in [0.25, 0.3) is 5.41 Å². The summed E-state index contributed by atoms with van der Waals surface area (Å²) >= 11 is 5.42. The maximum Gasteiger partial charge on any atom is 0.162 e. The van der Waals surface area contributed by atoms with Gasteiger partial charge in [0.15, 0.2) is 17.3 Å². The van der Waals surface area contributed by atoms with Crippen LogP contribution in [0.4, 0.5) is 0 Å². The average Bonchev–Trinajstić information content (AvgIpc) is 2.78. The van der Waals surface area contributed by atoms with Crippen LogP contribution in [0.2, 0.25) is 0 Å². The third-order valence-electron chi connectivity index (χ3n) is 5.80. The minimum absolute atomic E-state index is 0.0544. The summed E-state index contributed by atoms with van der Waals surface area (Å²) in [6.07, 6.45) is 1.17. The molecule has 0 bridgehead atoms. The Labute approximate surface area is 194 Å². The molecule has 1 unspecified atom stereocenters. The summed E-state index contributed by atoms with van der Waals surface area (Å²) in [5, 5.41) is 15.1. The van der Waals surface area contributed by atoms with E-state index < -0.39 is 5.92 Å². The highest BCUT2D eigenvalue weighted by Crippen LogP contribution is 2.46. The molecule has 1 aromatic rings. The number of morpholine rings is 1. The predicted molar refractivity (Wildman–Crippen MR) is 127 cm³/mol. The monoisotopic (exact) mass is 457 g/mol. The van der Waals surface area contributed by atoms with Crippen LogP contribution in [0.3, 0.4) is 0 Å². The molecule has 172 valence electrons. The third kappa shape index (κ3) is 5.27. The summed E-state index contributed by atoms with van der Waals surface area (Å²) < 4.78 is 15.7. The lowest BCUT2D eigenvalue weighted by atomic mass is 9.69. The van der Waals surface area contributed by atoms with Gasteiger partial charge in [0.05, 0.1) is 40.5 Å². The SMILES string of the molecule is C1COCC[NH2+]1.COc1ccc(C2C(=C=[N-])C(=S)NC3=C2C(=O)CC(C)(C)C3)cc1OC. The van der Waals surface area contributed by atoms with Crippen molar-refractivity contribution in [1.29, 1.82) is 0 Å². The van der Waals surface area contributed by atoms with Crippen molar-refractivity contribution in [2.24, 2.45) is 5.41 Å². The zero-order chi connectivity index (χ0) is 23.3. The van der Waals surface area contributed by atoms with Crippen molar-refractivity contribution >= 4 is 28.9 Å². The topological polar surface area (TPSA) is 95.7 Å². The molecule has 0 amide bonds. The van der Waals surface area contributed by atoms with E-state index in [-0.39, 0.29) is 11.2 Å². The fourth-order valence-electron chi connectivity index (χ4n) is 4.32. The number of carbonyl (C=O) groups excluding carboxylic acids is 1. The molecule has 1 atom stereocenters. The second-order valence-electron chi connectivity index (χ2n) is 8.84. The number of thiocarbonyl (C=S) groups is 1. The van der Waals surface area contributed by atoms with Crippen molar-refractivity contribution < 1.29 is 24.3 Å². The zero-order valence-electron chi connectivity index (χ0n) is 19.1. The van der Waals surface area contributed by atoms with Crippen LogP contribution in [0.15, 0.2) is 35.0 Å². The number of nitrogens with two attached hydrogens (primary N) is 1. The lowest BCUT2D eigenvalue weighted by Gasteiger charge is -2.39. The highest BCUT2D eigenvalue weighted by molar-refractivity contribution is 7.80. The number of rotatable bonds is 3. The molecule has 0 spiro atoms. The first-order valence-electron chi connectivity index (χ1n) is 10.8. The summed E-state index contributed by atoms with van der Waals surface area (Å²) in [4.78, 5) is 13.3. The molecule has 0 saturated carbocycles. The molecule has 0 aromatic heterocycles. The van der Waals surface area contributed by atoms with E-state index in [0.717, 1.165) is 44.0 Å². The lowest BCUT2D eigenvalue weighted by Crippen LogP contribution is -2.87. The summed E-state index contributed by atoms with van der Waals surface area (Å²) in [5.41, 5.74) is 2.52. The summed E-state index contributed by atoms with van der Waals surface area (Å²) in [7, 11) is 3.12. The maximum absolute atomic E-state index is 13.0. The standard InChI is InChI=1S/C20H21N2O3S.C4H9NO/c1-20(2)8-13-18(14(23)9-20)17(12(10-21)19(26)22-13)11-5-6-15(24-3)16(7-11)25-4;1-3-6-4-2-5-1/h5-7,17H,8-9H2,1-4H3,(H,22,26);5H,1-4H2/q-1;/p+1. The van der Waals surface area contributed by atoms with Crippen LogP contribution in [-0.2, 0) is 9.53 Å². The molecular weight excluding hydrogens is 426 g/mol. The average molecular weight is 458 g/mol. The molecule has 1 fully saturated rings. The van der Waals surface area contributed by atoms with E-state index in [0.29, 0.717) is 34.1 Å². The van der Waals surface area contributed by atoms with Gasteiger partial charge < -0.3 is 30.3 Å². The molecule has 3 aliphatic rings. The molecule has 2 aliphatic heterocycles. The molecule has 3 N–H and O–H groups in total. The van der Waals surface area contributed by atoms with Gasteiger partial charge in [0, 0.05) is 29.2 Å². The maximum atomic E-state index is 13.0. The van der Waals surface area contributed by atoms with E-state index in [2.05, 4.69) is 30.4 Å². The molecule has 2 heterocycles. The van der Waals surface area contributed by atoms with Gasteiger partial charge in [0.25, 0.3) is 0 Å². The van der Waals surface area contributed by atoms with E-state index in [9.17, 15) is 10.2 Å². The number of methoxy groups -OCH3 is 2. The van der Waals surface area contributed by atoms with Gasteiger partial charge in [0.1, 0.15) is 4.99 Å². The van der Waals surface area contributed by atoms with Crippen LogP contribution in [0, 0.1) is 5.41 Å². The van der Waals surface area contributed by atoms with Crippen LogP contribution in [0.1, 0.15) is 38.2 Å². The Bertz CT molecular complexity index is 964. The van der Waals surface area contributed by atoms with Crippen LogP contribution in [-0.4, -0.2) is 57.2 Å². The van der Waals surface area contributed by atoms with E-state index in [1.54, 1.807) is 20.3 Å². The number of benzene rings is 1. The molecule has 32 heavy (non-hydrogen) atoms. The second-order valence-corrected chi connectivity index (χ2v) is 9.25. The summed E-state index contributed by atoms with van der Waals surface area (Å²) in [5.74, 6) is 2.92. The van der Waals surface area contributed by atoms with Crippen molar-refractivity contribution in [1.82, 2.24) is 5.32 Å². The number of carbonyl (C=O) groups is 1. The number of quaternary nitrogens is 1. The summed E-state index contributed by atoms with van der Waals surface area (Å²) in [6, 6.07) is 5.45. The number of Topliss-reactive ketones (excluding diaryl/α,β-unsaturated/α-hetero) is 1. The number of allylic oxidation sites excluding steroid dienone is 2. The Hall–Kier alpha value is -2.51. The Morgan fingerprint density at radius 3 is 2.41 bits per heavy atom. The van der Waals surface area contributed by atoms with Crippen molar-refractivity contribution in [3.8, 4) is 11.5 Å². The first kappa shape index (κ1) is 24.1. The highest BCUT2D eigenvalue weighted by Gasteiger charge is 2.41. The Balaban J connectivity index is 0.000000416. The quantitative estimate of drug-likeness (QED) is 0.410. The molecule has 4 rings (SSSR count). The van der Waals surface area contributed by atoms with Gasteiger partial charge >= 0.3 is 0 Å². The van der Waals surface area contributed by atoms with Crippen molar-refractivity contribution in [3.05, 3.63) is 46.0 Å². The molecular formula is C24H31N3O4S. The number of ketones is 1. The van der Waals surface area contributed by atoms with E-state index in [1.807, 2.05) is 12.1 Å². The summed E-state index contributed by atoms with van der Waals surface area (Å²) in [6.45, 7) is 8.32. The van der Waals surface area contributed by atoms with Crippen molar-refractivity contribution in [3.63, 3.8) is 0 Å². The highest BCUT2D eigenvalue weighted by atomic mass is 32.1. The second kappa shape index (κ2) is 10.4. The molecule has 7 nitrogen and oxygen atoms in total. The Morgan fingerprint density at radius 2 is 1.88 bits per heavy atom. The first-order valence-corrected chi connectivity index (χ1v) is 11.2. The number of nitrogens with one attached hydrogen (secondary N) is 1. The predicted octanol–water partition coefficient (Wildman–Crippen LogP) is 2.11. The Morgan fingerprint density at radius 1 is 1.19 bits per heavy atom. The van der Waals surface area contributed by atoms with Gasteiger partial charge in [-0.25, -0.2) is 0 Å². The normalized spacial score (nSPS) is 22.1. The van der Waals surface area contributed by atoms with Gasteiger partial charge in [0.2, 0.25) is 0 Å². The fourth-order valence-corrected chi connectivity index (χ4v) is 4.61. The fraction of sp³-hybridized carbons (Fsp3) is 0.500. The van der Waals surface area contributed by atoms with E-state index in [1.165, 1.54) is 0 Å². The molecule has 1 aromatic carbocycles. The number of hydrogen-bond donors (Lipinski definition) is 2. The zero-order valence-corrected chi connectivity index (χ0v) is 19.9. The van der Waals surface area contributed by atoms with Crippen molar-refractivity contribution in [2.75, 3.05) is 40.5 Å². The van der Waals surface area contributed by atoms with Gasteiger partial charge in [-0.15, -0.1) is 0 Å². The molecule has 1 aliphatic carbocycles. The minimum Gasteiger partial charge on any atom is -0.763 e. The van der Waals surface area contributed by atoms with Gasteiger partial charge in [-0.05, 0) is 29.5 Å². The van der Waals surface area contributed by atoms with E-state index in [4.69, 9.17) is 26.4 Å². The molecule has 8 heteroatoms. The van der Waals surface area contributed by atoms with E-state index >= 15 is 0 Å². The molecule has 0 radical (unpaired) electrons. The van der Waals surface area contributed by atoms with Crippen LogP contribution < -0.4 is 20.1 Å². The van der Waals surface area contributed by atoms with Gasteiger partial charge in [-0.1, -0.05) is 32.1 Å². The van der Waals surface area contributed by atoms with Gasteiger partial charge in [-0.3, -0.25) is 10.7 Å². The lowest BCUT2D eigenvalue weighted by molar-refractivity contribution is -0.670. The van der Waals surface area contributed by atoms with Gasteiger partial charge in [-0.2, -0.15) is 0 Å².